The number of rotatable bonds is 6. The maximum absolute atomic E-state index is 12.8. The van der Waals surface area contributed by atoms with Crippen molar-refractivity contribution >= 4 is 5.91 Å². The molecule has 1 aromatic carbocycles. The van der Waals surface area contributed by atoms with Crippen molar-refractivity contribution in [3.8, 4) is 5.75 Å². The standard InChI is InChI=1S/C20H31N3O3/c1-15-2-3-19(26-13-8-21)18(14-15)20(24)22-16-4-9-23(10-5-16)17-6-11-25-12-7-17/h2-3,14,16-17H,4-13,21H2,1H3,(H,22,24). The number of hydrogen-bond acceptors (Lipinski definition) is 5. The Bertz CT molecular complexity index is 594. The van der Waals surface area contributed by atoms with Crippen molar-refractivity contribution in [2.45, 2.75) is 44.7 Å². The van der Waals surface area contributed by atoms with Crippen molar-refractivity contribution in [3.05, 3.63) is 29.3 Å². The summed E-state index contributed by atoms with van der Waals surface area (Å²) in [5, 5.41) is 3.20. The third kappa shape index (κ3) is 4.96. The number of hydrogen-bond donors (Lipinski definition) is 2. The van der Waals surface area contributed by atoms with Crippen LogP contribution in [0.5, 0.6) is 5.75 Å². The van der Waals surface area contributed by atoms with Crippen LogP contribution in [0.1, 0.15) is 41.6 Å². The number of nitrogens with zero attached hydrogens (tertiary/aromatic N) is 1. The lowest BCUT2D eigenvalue weighted by Gasteiger charge is -2.39. The molecule has 3 rings (SSSR count). The summed E-state index contributed by atoms with van der Waals surface area (Å²) in [4.78, 5) is 15.3. The molecular weight excluding hydrogens is 330 g/mol. The first-order chi connectivity index (χ1) is 12.7. The van der Waals surface area contributed by atoms with Gasteiger partial charge in [-0.2, -0.15) is 0 Å². The first-order valence-corrected chi connectivity index (χ1v) is 9.73. The number of nitrogens with two attached hydrogens (primary N) is 1. The minimum absolute atomic E-state index is 0.0507. The van der Waals surface area contributed by atoms with Gasteiger partial charge in [-0.15, -0.1) is 0 Å². The summed E-state index contributed by atoms with van der Waals surface area (Å²) in [7, 11) is 0. The molecule has 0 radical (unpaired) electrons. The van der Waals surface area contributed by atoms with Gasteiger partial charge in [0.2, 0.25) is 0 Å². The van der Waals surface area contributed by atoms with Crippen molar-refractivity contribution in [3.63, 3.8) is 0 Å². The molecule has 144 valence electrons. The maximum atomic E-state index is 12.8. The number of carbonyl (C=O) groups is 1. The summed E-state index contributed by atoms with van der Waals surface area (Å²) in [6.45, 7) is 6.66. The van der Waals surface area contributed by atoms with E-state index in [1.54, 1.807) is 0 Å². The molecule has 0 saturated carbocycles. The monoisotopic (exact) mass is 361 g/mol. The molecule has 2 aliphatic heterocycles. The van der Waals surface area contributed by atoms with Crippen LogP contribution in [0.4, 0.5) is 0 Å². The zero-order chi connectivity index (χ0) is 18.4. The molecular formula is C20H31N3O3. The van der Waals surface area contributed by atoms with Gasteiger partial charge in [-0.1, -0.05) is 11.6 Å². The Labute approximate surface area is 156 Å². The fourth-order valence-electron chi connectivity index (χ4n) is 3.84. The summed E-state index contributed by atoms with van der Waals surface area (Å²) in [5.41, 5.74) is 7.17. The summed E-state index contributed by atoms with van der Waals surface area (Å²) < 4.78 is 11.1. The average molecular weight is 361 g/mol. The van der Waals surface area contributed by atoms with Crippen molar-refractivity contribution in [1.29, 1.82) is 0 Å². The van der Waals surface area contributed by atoms with Gasteiger partial charge in [-0.25, -0.2) is 0 Å². The summed E-state index contributed by atoms with van der Waals surface area (Å²) in [6.07, 6.45) is 4.24. The highest BCUT2D eigenvalue weighted by molar-refractivity contribution is 5.97. The van der Waals surface area contributed by atoms with Crippen molar-refractivity contribution in [1.82, 2.24) is 10.2 Å². The lowest BCUT2D eigenvalue weighted by atomic mass is 9.99. The molecule has 2 heterocycles. The highest BCUT2D eigenvalue weighted by atomic mass is 16.5. The maximum Gasteiger partial charge on any atom is 0.255 e. The van der Waals surface area contributed by atoms with Crippen LogP contribution in [0.25, 0.3) is 0 Å². The zero-order valence-electron chi connectivity index (χ0n) is 15.7. The first-order valence-electron chi connectivity index (χ1n) is 9.73. The lowest BCUT2D eigenvalue weighted by molar-refractivity contribution is 0.0238. The van der Waals surface area contributed by atoms with Crippen LogP contribution in [-0.4, -0.2) is 62.3 Å². The van der Waals surface area contributed by atoms with Gasteiger partial charge in [0.15, 0.2) is 0 Å². The van der Waals surface area contributed by atoms with Gasteiger partial charge >= 0.3 is 0 Å². The van der Waals surface area contributed by atoms with E-state index in [0.717, 1.165) is 57.6 Å². The molecule has 0 unspecified atom stereocenters. The second kappa shape index (κ2) is 9.35. The van der Waals surface area contributed by atoms with Crippen LogP contribution in [0.3, 0.4) is 0 Å². The number of likely N-dealkylation sites (tertiary alicyclic amines) is 1. The molecule has 0 atom stereocenters. The third-order valence-corrected chi connectivity index (χ3v) is 5.33. The van der Waals surface area contributed by atoms with Gasteiger partial charge in [0.05, 0.1) is 5.56 Å². The number of benzene rings is 1. The van der Waals surface area contributed by atoms with Crippen LogP contribution < -0.4 is 15.8 Å². The Balaban J connectivity index is 1.55. The van der Waals surface area contributed by atoms with Gasteiger partial charge in [0.25, 0.3) is 5.91 Å². The molecule has 2 fully saturated rings. The van der Waals surface area contributed by atoms with Gasteiger partial charge in [0.1, 0.15) is 12.4 Å². The molecule has 26 heavy (non-hydrogen) atoms. The highest BCUT2D eigenvalue weighted by Crippen LogP contribution is 2.23. The first kappa shape index (κ1) is 19.1. The van der Waals surface area contributed by atoms with Crippen molar-refractivity contribution in [2.24, 2.45) is 5.73 Å². The minimum Gasteiger partial charge on any atom is -0.491 e. The van der Waals surface area contributed by atoms with Gasteiger partial charge < -0.3 is 25.4 Å². The molecule has 6 heteroatoms. The van der Waals surface area contributed by atoms with Crippen LogP contribution in [0.15, 0.2) is 18.2 Å². The SMILES string of the molecule is Cc1ccc(OCCN)c(C(=O)NC2CCN(C3CCOCC3)CC2)c1. The number of nitrogens with one attached hydrogen (secondary N) is 1. The summed E-state index contributed by atoms with van der Waals surface area (Å²) in [5.74, 6) is 0.559. The highest BCUT2D eigenvalue weighted by Gasteiger charge is 2.27. The molecule has 0 bridgehead atoms. The molecule has 3 N–H and O–H groups in total. The van der Waals surface area contributed by atoms with E-state index in [-0.39, 0.29) is 11.9 Å². The van der Waals surface area contributed by atoms with E-state index in [1.807, 2.05) is 25.1 Å². The Morgan fingerprint density at radius 1 is 1.27 bits per heavy atom. The van der Waals surface area contributed by atoms with Gasteiger partial charge in [-0.05, 0) is 44.7 Å². The number of aryl methyl sites for hydroxylation is 1. The summed E-state index contributed by atoms with van der Waals surface area (Å²) in [6, 6.07) is 6.57. The number of piperidine rings is 1. The number of amides is 1. The molecule has 2 saturated heterocycles. The second-order valence-corrected chi connectivity index (χ2v) is 7.26. The Hall–Kier alpha value is -1.63. The molecule has 1 aromatic rings. The van der Waals surface area contributed by atoms with E-state index in [4.69, 9.17) is 15.2 Å². The topological polar surface area (TPSA) is 76.8 Å². The lowest BCUT2D eigenvalue weighted by Crippen LogP contribution is -2.49. The van der Waals surface area contributed by atoms with Crippen LogP contribution >= 0.6 is 0 Å². The molecule has 1 amide bonds. The van der Waals surface area contributed by atoms with E-state index in [0.29, 0.717) is 30.5 Å². The molecule has 0 aliphatic carbocycles. The Kier molecular flexibility index (Phi) is 6.88. The van der Waals surface area contributed by atoms with Crippen molar-refractivity contribution in [2.75, 3.05) is 39.5 Å². The quantitative estimate of drug-likeness (QED) is 0.807. The van der Waals surface area contributed by atoms with E-state index >= 15 is 0 Å². The number of ether oxygens (including phenoxy) is 2. The predicted octanol–water partition coefficient (Wildman–Crippen LogP) is 1.71. The molecule has 6 nitrogen and oxygen atoms in total. The van der Waals surface area contributed by atoms with E-state index < -0.39 is 0 Å². The normalized spacial score (nSPS) is 20.1. The van der Waals surface area contributed by atoms with Crippen LogP contribution in [-0.2, 0) is 4.74 Å². The fraction of sp³-hybridized carbons (Fsp3) is 0.650. The third-order valence-electron chi connectivity index (χ3n) is 5.33. The van der Waals surface area contributed by atoms with Crippen LogP contribution in [0.2, 0.25) is 0 Å². The number of carbonyl (C=O) groups excluding carboxylic acids is 1. The van der Waals surface area contributed by atoms with Gasteiger partial charge in [0, 0.05) is 44.9 Å². The Morgan fingerprint density at radius 3 is 2.69 bits per heavy atom. The van der Waals surface area contributed by atoms with E-state index in [9.17, 15) is 4.79 Å². The van der Waals surface area contributed by atoms with E-state index in [2.05, 4.69) is 10.2 Å². The van der Waals surface area contributed by atoms with Crippen LogP contribution in [0, 0.1) is 6.92 Å². The smallest absolute Gasteiger partial charge is 0.255 e. The fourth-order valence-corrected chi connectivity index (χ4v) is 3.84. The minimum atomic E-state index is -0.0507. The van der Waals surface area contributed by atoms with E-state index in [1.165, 1.54) is 0 Å². The van der Waals surface area contributed by atoms with Gasteiger partial charge in [-0.3, -0.25) is 4.79 Å². The average Bonchev–Trinajstić information content (AvgIpc) is 2.68. The zero-order valence-corrected chi connectivity index (χ0v) is 15.7. The summed E-state index contributed by atoms with van der Waals surface area (Å²) >= 11 is 0. The second-order valence-electron chi connectivity index (χ2n) is 7.26. The molecule has 0 spiro atoms. The Morgan fingerprint density at radius 2 is 2.00 bits per heavy atom. The van der Waals surface area contributed by atoms with Crippen molar-refractivity contribution < 1.29 is 14.3 Å². The predicted molar refractivity (Wildman–Crippen MR) is 102 cm³/mol. The molecule has 2 aliphatic rings. The molecule has 0 aromatic heterocycles. The largest absolute Gasteiger partial charge is 0.491 e.